The van der Waals surface area contributed by atoms with Crippen molar-refractivity contribution in [2.45, 2.75) is 31.8 Å². The lowest BCUT2D eigenvalue weighted by molar-refractivity contribution is 0.159. The Morgan fingerprint density at radius 2 is 2.28 bits per heavy atom. The van der Waals surface area contributed by atoms with Gasteiger partial charge in [0, 0.05) is 17.7 Å². The van der Waals surface area contributed by atoms with Crippen LogP contribution in [0.3, 0.4) is 0 Å². The van der Waals surface area contributed by atoms with Crippen LogP contribution < -0.4 is 0 Å². The normalized spacial score (nSPS) is 18.6. The molecule has 0 amide bonds. The molecule has 0 fully saturated rings. The first-order chi connectivity index (χ1) is 8.70. The van der Waals surface area contributed by atoms with E-state index in [1.165, 1.54) is 4.88 Å². The number of aromatic nitrogens is 1. The van der Waals surface area contributed by atoms with Crippen molar-refractivity contribution < 1.29 is 10.2 Å². The largest absolute Gasteiger partial charge is 0.508 e. The smallest absolute Gasteiger partial charge is 0.115 e. The number of rotatable bonds is 2. The summed E-state index contributed by atoms with van der Waals surface area (Å²) in [6, 6.07) is 7.29. The van der Waals surface area contributed by atoms with Crippen molar-refractivity contribution in [3.8, 4) is 5.75 Å². The minimum atomic E-state index is -0.202. The molecule has 94 valence electrons. The van der Waals surface area contributed by atoms with Gasteiger partial charge in [0.15, 0.2) is 0 Å². The monoisotopic (exact) mass is 261 g/mol. The Balaban J connectivity index is 1.82. The van der Waals surface area contributed by atoms with E-state index in [-0.39, 0.29) is 6.10 Å². The number of hydrogen-bond donors (Lipinski definition) is 2. The van der Waals surface area contributed by atoms with Crippen LogP contribution in [-0.4, -0.2) is 21.3 Å². The zero-order valence-corrected chi connectivity index (χ0v) is 10.8. The van der Waals surface area contributed by atoms with Gasteiger partial charge < -0.3 is 10.2 Å². The maximum atomic E-state index is 9.64. The fourth-order valence-corrected chi connectivity index (χ4v) is 3.55. The predicted octanol–water partition coefficient (Wildman–Crippen LogP) is 2.29. The van der Waals surface area contributed by atoms with Crippen molar-refractivity contribution in [2.24, 2.45) is 0 Å². The average Bonchev–Trinajstić information content (AvgIpc) is 2.70. The van der Waals surface area contributed by atoms with Gasteiger partial charge in [-0.25, -0.2) is 4.98 Å². The van der Waals surface area contributed by atoms with Gasteiger partial charge in [0.2, 0.25) is 0 Å². The minimum absolute atomic E-state index is 0.202. The molecule has 3 rings (SSSR count). The number of aryl methyl sites for hydroxylation is 1. The van der Waals surface area contributed by atoms with Gasteiger partial charge in [-0.2, -0.15) is 0 Å². The zero-order valence-electron chi connectivity index (χ0n) is 9.97. The number of hydrogen-bond acceptors (Lipinski definition) is 4. The van der Waals surface area contributed by atoms with Gasteiger partial charge in [-0.05, 0) is 30.5 Å². The lowest BCUT2D eigenvalue weighted by atomic mass is 10.0. The van der Waals surface area contributed by atoms with E-state index in [0.717, 1.165) is 41.9 Å². The predicted molar refractivity (Wildman–Crippen MR) is 71.1 cm³/mol. The Morgan fingerprint density at radius 1 is 1.39 bits per heavy atom. The molecule has 1 aliphatic carbocycles. The first kappa shape index (κ1) is 11.7. The van der Waals surface area contributed by atoms with Crippen LogP contribution in [0.1, 0.15) is 27.6 Å². The number of phenols is 1. The zero-order chi connectivity index (χ0) is 12.5. The highest BCUT2D eigenvalue weighted by Crippen LogP contribution is 2.28. The number of nitrogens with zero attached hydrogens (tertiary/aromatic N) is 1. The molecule has 1 heterocycles. The molecule has 4 heteroatoms. The molecule has 1 unspecified atom stereocenters. The van der Waals surface area contributed by atoms with E-state index in [4.69, 9.17) is 0 Å². The molecular weight excluding hydrogens is 246 g/mol. The summed E-state index contributed by atoms with van der Waals surface area (Å²) in [5.41, 5.74) is 2.22. The molecule has 0 bridgehead atoms. The Labute approximate surface area is 110 Å². The van der Waals surface area contributed by atoms with Crippen LogP contribution in [0, 0.1) is 0 Å². The second-order valence-corrected chi connectivity index (χ2v) is 5.89. The van der Waals surface area contributed by atoms with Crippen LogP contribution in [-0.2, 0) is 19.3 Å². The Bertz CT molecular complexity index is 565. The van der Waals surface area contributed by atoms with Crippen molar-refractivity contribution in [2.75, 3.05) is 0 Å². The number of fused-ring (bicyclic) bond motifs is 1. The van der Waals surface area contributed by atoms with Gasteiger partial charge in [0.25, 0.3) is 0 Å². The summed E-state index contributed by atoms with van der Waals surface area (Å²) in [4.78, 5) is 5.86. The van der Waals surface area contributed by atoms with E-state index in [9.17, 15) is 10.2 Å². The fourth-order valence-electron chi connectivity index (χ4n) is 2.33. The number of benzene rings is 1. The Hall–Kier alpha value is -1.39. The van der Waals surface area contributed by atoms with Gasteiger partial charge in [-0.3, -0.25) is 0 Å². The van der Waals surface area contributed by atoms with E-state index in [1.807, 2.05) is 12.1 Å². The number of thiazole rings is 1. The summed E-state index contributed by atoms with van der Waals surface area (Å²) < 4.78 is 0. The summed E-state index contributed by atoms with van der Waals surface area (Å²) in [7, 11) is 0. The maximum absolute atomic E-state index is 9.64. The van der Waals surface area contributed by atoms with Gasteiger partial charge in [0.05, 0.1) is 16.8 Å². The SMILES string of the molecule is Oc1cccc(Cc2nc3c(s2)CC(O)CC3)c1. The van der Waals surface area contributed by atoms with E-state index in [2.05, 4.69) is 4.98 Å². The highest BCUT2D eigenvalue weighted by molar-refractivity contribution is 7.11. The molecule has 1 atom stereocenters. The average molecular weight is 261 g/mol. The molecule has 3 nitrogen and oxygen atoms in total. The van der Waals surface area contributed by atoms with Crippen molar-refractivity contribution in [3.63, 3.8) is 0 Å². The van der Waals surface area contributed by atoms with Gasteiger partial charge in [-0.1, -0.05) is 12.1 Å². The van der Waals surface area contributed by atoms with Gasteiger partial charge >= 0.3 is 0 Å². The fraction of sp³-hybridized carbons (Fsp3) is 0.357. The Morgan fingerprint density at radius 3 is 3.11 bits per heavy atom. The third-order valence-electron chi connectivity index (χ3n) is 3.22. The standard InChI is InChI=1S/C14H15NO2S/c16-10-3-1-2-9(6-10)7-14-15-12-5-4-11(17)8-13(12)18-14/h1-3,6,11,16-17H,4-5,7-8H2. The van der Waals surface area contributed by atoms with Gasteiger partial charge in [0.1, 0.15) is 5.75 Å². The van der Waals surface area contributed by atoms with Crippen LogP contribution >= 0.6 is 11.3 Å². The first-order valence-electron chi connectivity index (χ1n) is 6.14. The lowest BCUT2D eigenvalue weighted by Gasteiger charge is -2.14. The quantitative estimate of drug-likeness (QED) is 0.872. The number of aliphatic hydroxyl groups excluding tert-OH is 1. The Kier molecular flexibility index (Phi) is 3.06. The number of aliphatic hydroxyl groups is 1. The molecule has 2 N–H and O–H groups in total. The van der Waals surface area contributed by atoms with E-state index < -0.39 is 0 Å². The second-order valence-electron chi connectivity index (χ2n) is 4.72. The van der Waals surface area contributed by atoms with Crippen LogP contribution in [0.25, 0.3) is 0 Å². The molecule has 2 aromatic rings. The molecule has 0 spiro atoms. The van der Waals surface area contributed by atoms with E-state index in [0.29, 0.717) is 5.75 Å². The highest BCUT2D eigenvalue weighted by Gasteiger charge is 2.20. The first-order valence-corrected chi connectivity index (χ1v) is 6.96. The van der Waals surface area contributed by atoms with Crippen molar-refractivity contribution >= 4 is 11.3 Å². The van der Waals surface area contributed by atoms with Crippen molar-refractivity contribution in [3.05, 3.63) is 45.4 Å². The summed E-state index contributed by atoms with van der Waals surface area (Å²) in [5, 5.41) is 20.1. The molecule has 0 radical (unpaired) electrons. The molecule has 0 saturated carbocycles. The molecule has 1 aliphatic rings. The number of phenolic OH excluding ortho intramolecular Hbond substituents is 1. The molecule has 1 aromatic carbocycles. The minimum Gasteiger partial charge on any atom is -0.508 e. The maximum Gasteiger partial charge on any atom is 0.115 e. The van der Waals surface area contributed by atoms with Crippen molar-refractivity contribution in [1.82, 2.24) is 4.98 Å². The summed E-state index contributed by atoms with van der Waals surface area (Å²) >= 11 is 1.69. The molecule has 0 aliphatic heterocycles. The number of aromatic hydroxyl groups is 1. The third kappa shape index (κ3) is 2.40. The topological polar surface area (TPSA) is 53.4 Å². The lowest BCUT2D eigenvalue weighted by Crippen LogP contribution is -2.17. The van der Waals surface area contributed by atoms with Crippen LogP contribution in [0.15, 0.2) is 24.3 Å². The van der Waals surface area contributed by atoms with E-state index in [1.54, 1.807) is 23.5 Å². The summed E-state index contributed by atoms with van der Waals surface area (Å²) in [5.74, 6) is 0.296. The molecule has 0 saturated heterocycles. The van der Waals surface area contributed by atoms with Gasteiger partial charge in [-0.15, -0.1) is 11.3 Å². The third-order valence-corrected chi connectivity index (χ3v) is 4.34. The van der Waals surface area contributed by atoms with Crippen LogP contribution in [0.5, 0.6) is 5.75 Å². The van der Waals surface area contributed by atoms with Crippen LogP contribution in [0.4, 0.5) is 0 Å². The summed E-state index contributed by atoms with van der Waals surface area (Å²) in [6.45, 7) is 0. The van der Waals surface area contributed by atoms with Crippen LogP contribution in [0.2, 0.25) is 0 Å². The summed E-state index contributed by atoms with van der Waals surface area (Å²) in [6.07, 6.45) is 3.00. The highest BCUT2D eigenvalue weighted by atomic mass is 32.1. The molecular formula is C14H15NO2S. The molecule has 18 heavy (non-hydrogen) atoms. The van der Waals surface area contributed by atoms with E-state index >= 15 is 0 Å². The molecule has 1 aromatic heterocycles. The van der Waals surface area contributed by atoms with Crippen molar-refractivity contribution in [1.29, 1.82) is 0 Å². The second kappa shape index (κ2) is 4.71.